The molecule has 0 aliphatic carbocycles. The van der Waals surface area contributed by atoms with Gasteiger partial charge >= 0.3 is 5.97 Å². The highest BCUT2D eigenvalue weighted by Crippen LogP contribution is 2.02. The van der Waals surface area contributed by atoms with Crippen molar-refractivity contribution in [1.82, 2.24) is 10.5 Å². The van der Waals surface area contributed by atoms with Gasteiger partial charge in [-0.25, -0.2) is 4.79 Å². The van der Waals surface area contributed by atoms with Crippen LogP contribution in [0.25, 0.3) is 0 Å². The lowest BCUT2D eigenvalue weighted by Gasteiger charge is -1.97. The molecule has 0 atom stereocenters. The Hall–Kier alpha value is -2.29. The first-order chi connectivity index (χ1) is 7.65. The number of rotatable bonds is 4. The first kappa shape index (κ1) is 11.8. The first-order valence-corrected chi connectivity index (χ1v) is 4.53. The van der Waals surface area contributed by atoms with Crippen molar-refractivity contribution in [3.8, 4) is 11.8 Å². The number of hydrogen-bond acceptors (Lipinski definition) is 4. The summed E-state index contributed by atoms with van der Waals surface area (Å²) in [5.41, 5.74) is -0.0538. The molecule has 0 unspecified atom stereocenters. The van der Waals surface area contributed by atoms with Crippen molar-refractivity contribution in [2.75, 3.05) is 6.54 Å². The number of amides is 1. The first-order valence-electron chi connectivity index (χ1n) is 4.53. The summed E-state index contributed by atoms with van der Waals surface area (Å²) in [6.45, 7) is 2.09. The summed E-state index contributed by atoms with van der Waals surface area (Å²) in [4.78, 5) is 21.8. The number of aromatic carboxylic acids is 1. The maximum absolute atomic E-state index is 11.4. The average molecular weight is 222 g/mol. The van der Waals surface area contributed by atoms with Gasteiger partial charge in [-0.1, -0.05) is 5.16 Å². The summed E-state index contributed by atoms with van der Waals surface area (Å²) in [7, 11) is 0. The predicted molar refractivity (Wildman–Crippen MR) is 53.9 cm³/mol. The number of nitrogens with one attached hydrogen (secondary N) is 1. The standard InChI is InChI=1S/C10H10N2O4/c1-2-3-4-5-11-9(13)7-6-8(10(14)15)16-12-7/h6H,4-5H2,1H3,(H,11,13)(H,14,15). The molecule has 84 valence electrons. The monoisotopic (exact) mass is 222 g/mol. The molecular formula is C10H10N2O4. The molecule has 0 aromatic carbocycles. The van der Waals surface area contributed by atoms with Crippen LogP contribution in [0.15, 0.2) is 10.6 Å². The lowest BCUT2D eigenvalue weighted by Crippen LogP contribution is -2.24. The van der Waals surface area contributed by atoms with Crippen LogP contribution in [0, 0.1) is 11.8 Å². The molecule has 2 N–H and O–H groups in total. The zero-order chi connectivity index (χ0) is 12.0. The molecule has 1 aromatic heterocycles. The number of carboxylic acids is 1. The summed E-state index contributed by atoms with van der Waals surface area (Å²) >= 11 is 0. The van der Waals surface area contributed by atoms with Gasteiger partial charge in [-0.05, 0) is 6.92 Å². The number of carboxylic acid groups (broad SMARTS) is 1. The normalized spacial score (nSPS) is 9.06. The van der Waals surface area contributed by atoms with Gasteiger partial charge in [0.1, 0.15) is 0 Å². The second kappa shape index (κ2) is 5.56. The van der Waals surface area contributed by atoms with Crippen molar-refractivity contribution in [3.63, 3.8) is 0 Å². The topological polar surface area (TPSA) is 92.4 Å². The Balaban J connectivity index is 2.51. The van der Waals surface area contributed by atoms with E-state index in [9.17, 15) is 9.59 Å². The lowest BCUT2D eigenvalue weighted by molar-refractivity contribution is 0.0651. The quantitative estimate of drug-likeness (QED) is 0.572. The van der Waals surface area contributed by atoms with Gasteiger partial charge in [0, 0.05) is 19.0 Å². The number of carbonyl (C=O) groups excluding carboxylic acids is 1. The highest BCUT2D eigenvalue weighted by atomic mass is 16.5. The summed E-state index contributed by atoms with van der Waals surface area (Å²) in [5, 5.41) is 14.4. The van der Waals surface area contributed by atoms with E-state index in [0.29, 0.717) is 13.0 Å². The van der Waals surface area contributed by atoms with Crippen LogP contribution in [-0.2, 0) is 0 Å². The van der Waals surface area contributed by atoms with Gasteiger partial charge in [-0.3, -0.25) is 4.79 Å². The average Bonchev–Trinajstić information content (AvgIpc) is 2.73. The van der Waals surface area contributed by atoms with Crippen LogP contribution in [0.1, 0.15) is 34.4 Å². The van der Waals surface area contributed by atoms with E-state index in [1.165, 1.54) is 0 Å². The SMILES string of the molecule is CC#CCCNC(=O)c1cc(C(=O)O)on1. The minimum Gasteiger partial charge on any atom is -0.475 e. The second-order valence-corrected chi connectivity index (χ2v) is 2.81. The molecular weight excluding hydrogens is 212 g/mol. The maximum Gasteiger partial charge on any atom is 0.374 e. The predicted octanol–water partition coefficient (Wildman–Crippen LogP) is 0.516. The van der Waals surface area contributed by atoms with Crippen molar-refractivity contribution >= 4 is 11.9 Å². The molecule has 1 rings (SSSR count). The van der Waals surface area contributed by atoms with E-state index < -0.39 is 11.9 Å². The third-order valence-electron chi connectivity index (χ3n) is 1.67. The molecule has 6 nitrogen and oxygen atoms in total. The van der Waals surface area contributed by atoms with Gasteiger partial charge in [0.2, 0.25) is 5.76 Å². The molecule has 0 fully saturated rings. The molecule has 0 aliphatic rings. The van der Waals surface area contributed by atoms with Gasteiger partial charge < -0.3 is 14.9 Å². The number of nitrogens with zero attached hydrogens (tertiary/aromatic N) is 1. The number of hydrogen-bond donors (Lipinski definition) is 2. The fraction of sp³-hybridized carbons (Fsp3) is 0.300. The summed E-state index contributed by atoms with van der Waals surface area (Å²) < 4.78 is 4.44. The van der Waals surface area contributed by atoms with Crippen LogP contribution in [0.3, 0.4) is 0 Å². The van der Waals surface area contributed by atoms with Crippen molar-refractivity contribution in [1.29, 1.82) is 0 Å². The van der Waals surface area contributed by atoms with Crippen LogP contribution < -0.4 is 5.32 Å². The van der Waals surface area contributed by atoms with Crippen LogP contribution in [0.2, 0.25) is 0 Å². The Morgan fingerprint density at radius 3 is 2.94 bits per heavy atom. The molecule has 6 heteroatoms. The smallest absolute Gasteiger partial charge is 0.374 e. The van der Waals surface area contributed by atoms with E-state index in [-0.39, 0.29) is 11.5 Å². The minimum absolute atomic E-state index is 0.0538. The van der Waals surface area contributed by atoms with Crippen LogP contribution in [-0.4, -0.2) is 28.7 Å². The van der Waals surface area contributed by atoms with Gasteiger partial charge in [0.15, 0.2) is 5.69 Å². The molecule has 16 heavy (non-hydrogen) atoms. The minimum atomic E-state index is -1.26. The Bertz CT molecular complexity index is 453. The Labute approximate surface area is 91.6 Å². The lowest BCUT2D eigenvalue weighted by atomic mass is 10.3. The van der Waals surface area contributed by atoms with Crippen LogP contribution >= 0.6 is 0 Å². The van der Waals surface area contributed by atoms with Crippen molar-refractivity contribution in [2.24, 2.45) is 0 Å². The fourth-order valence-electron chi connectivity index (χ4n) is 0.937. The molecule has 0 aliphatic heterocycles. The van der Waals surface area contributed by atoms with E-state index in [1.807, 2.05) is 0 Å². The highest BCUT2D eigenvalue weighted by Gasteiger charge is 2.15. The largest absolute Gasteiger partial charge is 0.475 e. The molecule has 0 saturated heterocycles. The van der Waals surface area contributed by atoms with Gasteiger partial charge in [0.05, 0.1) is 0 Å². The van der Waals surface area contributed by atoms with Gasteiger partial charge in [0.25, 0.3) is 5.91 Å². The summed E-state index contributed by atoms with van der Waals surface area (Å²) in [6.07, 6.45) is 0.534. The molecule has 0 spiro atoms. The van der Waals surface area contributed by atoms with E-state index in [1.54, 1.807) is 6.92 Å². The molecule has 0 saturated carbocycles. The Kier molecular flexibility index (Phi) is 4.09. The van der Waals surface area contributed by atoms with Crippen LogP contribution in [0.4, 0.5) is 0 Å². The Morgan fingerprint density at radius 2 is 2.38 bits per heavy atom. The van der Waals surface area contributed by atoms with E-state index in [0.717, 1.165) is 6.07 Å². The highest BCUT2D eigenvalue weighted by molar-refractivity contribution is 5.94. The van der Waals surface area contributed by atoms with Gasteiger partial charge in [-0.15, -0.1) is 11.8 Å². The zero-order valence-electron chi connectivity index (χ0n) is 8.61. The second-order valence-electron chi connectivity index (χ2n) is 2.81. The Morgan fingerprint density at radius 1 is 1.62 bits per heavy atom. The maximum atomic E-state index is 11.4. The number of carbonyl (C=O) groups is 2. The van der Waals surface area contributed by atoms with E-state index >= 15 is 0 Å². The zero-order valence-corrected chi connectivity index (χ0v) is 8.61. The van der Waals surface area contributed by atoms with Crippen molar-refractivity contribution in [3.05, 3.63) is 17.5 Å². The van der Waals surface area contributed by atoms with Crippen LogP contribution in [0.5, 0.6) is 0 Å². The third kappa shape index (κ3) is 3.13. The van der Waals surface area contributed by atoms with E-state index in [4.69, 9.17) is 5.11 Å². The van der Waals surface area contributed by atoms with Gasteiger partial charge in [-0.2, -0.15) is 0 Å². The third-order valence-corrected chi connectivity index (χ3v) is 1.67. The molecule has 1 amide bonds. The molecule has 0 radical (unpaired) electrons. The molecule has 1 heterocycles. The summed E-state index contributed by atoms with van der Waals surface area (Å²) in [5.74, 6) is 3.36. The van der Waals surface area contributed by atoms with Crippen molar-refractivity contribution in [2.45, 2.75) is 13.3 Å². The number of aromatic nitrogens is 1. The van der Waals surface area contributed by atoms with E-state index in [2.05, 4.69) is 26.8 Å². The van der Waals surface area contributed by atoms with Crippen molar-refractivity contribution < 1.29 is 19.2 Å². The summed E-state index contributed by atoms with van der Waals surface area (Å²) in [6, 6.07) is 1.07. The fourth-order valence-corrected chi connectivity index (χ4v) is 0.937. The molecule has 1 aromatic rings. The molecule has 0 bridgehead atoms.